The highest BCUT2D eigenvalue weighted by atomic mass is 32.1. The second-order valence-electron chi connectivity index (χ2n) is 6.76. The molecule has 31 heavy (non-hydrogen) atoms. The van der Waals surface area contributed by atoms with Gasteiger partial charge >= 0.3 is 5.97 Å². The fourth-order valence-corrected chi connectivity index (χ4v) is 5.13. The van der Waals surface area contributed by atoms with Gasteiger partial charge in [0.15, 0.2) is 0 Å². The molecular weight excluding hydrogens is 434 g/mol. The number of carbonyl (C=O) groups excluding carboxylic acids is 2. The fourth-order valence-electron chi connectivity index (χ4n) is 3.08. The molecule has 9 heteroatoms. The quantitative estimate of drug-likeness (QED) is 0.439. The van der Waals surface area contributed by atoms with Gasteiger partial charge in [0.2, 0.25) is 5.91 Å². The van der Waals surface area contributed by atoms with Gasteiger partial charge in [0, 0.05) is 4.88 Å². The van der Waals surface area contributed by atoms with Crippen LogP contribution in [0, 0.1) is 6.92 Å². The molecule has 0 aliphatic carbocycles. The van der Waals surface area contributed by atoms with Crippen molar-refractivity contribution in [1.82, 2.24) is 9.55 Å². The Morgan fingerprint density at radius 2 is 1.94 bits per heavy atom. The highest BCUT2D eigenvalue weighted by Crippen LogP contribution is 2.30. The molecule has 0 spiro atoms. The highest BCUT2D eigenvalue weighted by molar-refractivity contribution is 7.22. The van der Waals surface area contributed by atoms with Gasteiger partial charge in [-0.2, -0.15) is 0 Å². The zero-order valence-electron chi connectivity index (χ0n) is 16.9. The lowest BCUT2D eigenvalue weighted by Crippen LogP contribution is -2.27. The molecular formula is C22H19N3O4S2. The van der Waals surface area contributed by atoms with Crippen LogP contribution in [0.15, 0.2) is 53.6 Å². The van der Waals surface area contributed by atoms with Crippen molar-refractivity contribution >= 4 is 49.8 Å². The first-order chi connectivity index (χ1) is 15.0. The van der Waals surface area contributed by atoms with E-state index in [1.165, 1.54) is 22.2 Å². The monoisotopic (exact) mass is 453 g/mol. The van der Waals surface area contributed by atoms with Crippen LogP contribution in [0.5, 0.6) is 0 Å². The summed E-state index contributed by atoms with van der Waals surface area (Å²) in [4.78, 5) is 43.1. The summed E-state index contributed by atoms with van der Waals surface area (Å²) >= 11 is 2.51. The van der Waals surface area contributed by atoms with Crippen LogP contribution in [0.25, 0.3) is 20.7 Å². The maximum Gasteiger partial charge on any atom is 0.348 e. The number of thiophene rings is 2. The standard InChI is InChI=1S/C22H19N3O4S2/c1-3-29-22(28)19-13(2)9-18(31-19)24-17(26)11-25-12-23-15-10-16(30-20(15)21(25)27)14-7-5-4-6-8-14/h4-10,12H,3,11H2,1-2H3,(H,24,26). The number of esters is 1. The van der Waals surface area contributed by atoms with Crippen molar-refractivity contribution in [3.63, 3.8) is 0 Å². The number of hydrogen-bond donors (Lipinski definition) is 1. The van der Waals surface area contributed by atoms with Gasteiger partial charge in [-0.1, -0.05) is 30.3 Å². The van der Waals surface area contributed by atoms with Crippen molar-refractivity contribution in [2.24, 2.45) is 0 Å². The summed E-state index contributed by atoms with van der Waals surface area (Å²) in [5, 5.41) is 3.27. The lowest BCUT2D eigenvalue weighted by molar-refractivity contribution is -0.116. The molecule has 0 aliphatic heterocycles. The minimum absolute atomic E-state index is 0.175. The Morgan fingerprint density at radius 1 is 1.16 bits per heavy atom. The molecule has 0 saturated heterocycles. The van der Waals surface area contributed by atoms with E-state index in [4.69, 9.17) is 4.74 Å². The third-order valence-corrected chi connectivity index (χ3v) is 6.81. The lowest BCUT2D eigenvalue weighted by Gasteiger charge is -2.05. The molecule has 1 amide bonds. The first kappa shape index (κ1) is 21.0. The average molecular weight is 454 g/mol. The SMILES string of the molecule is CCOC(=O)c1sc(NC(=O)Cn2cnc3cc(-c4ccccc4)sc3c2=O)cc1C. The van der Waals surface area contributed by atoms with E-state index in [2.05, 4.69) is 10.3 Å². The summed E-state index contributed by atoms with van der Waals surface area (Å²) in [6.07, 6.45) is 1.38. The third kappa shape index (κ3) is 4.42. The number of ether oxygens (including phenoxy) is 1. The first-order valence-electron chi connectivity index (χ1n) is 9.58. The second-order valence-corrected chi connectivity index (χ2v) is 8.86. The molecule has 1 aromatic carbocycles. The molecule has 4 aromatic rings. The summed E-state index contributed by atoms with van der Waals surface area (Å²) < 4.78 is 6.81. The van der Waals surface area contributed by atoms with Crippen LogP contribution >= 0.6 is 22.7 Å². The van der Waals surface area contributed by atoms with Gasteiger partial charge in [0.25, 0.3) is 5.56 Å². The van der Waals surface area contributed by atoms with Gasteiger partial charge in [-0.15, -0.1) is 22.7 Å². The van der Waals surface area contributed by atoms with Crippen molar-refractivity contribution in [2.45, 2.75) is 20.4 Å². The van der Waals surface area contributed by atoms with E-state index in [0.717, 1.165) is 27.3 Å². The normalized spacial score (nSPS) is 10.9. The van der Waals surface area contributed by atoms with Gasteiger partial charge < -0.3 is 10.1 Å². The van der Waals surface area contributed by atoms with Gasteiger partial charge in [-0.3, -0.25) is 14.2 Å². The van der Waals surface area contributed by atoms with Crippen molar-refractivity contribution in [3.8, 4) is 10.4 Å². The minimum atomic E-state index is -0.414. The lowest BCUT2D eigenvalue weighted by atomic mass is 10.2. The van der Waals surface area contributed by atoms with Crippen molar-refractivity contribution in [2.75, 3.05) is 11.9 Å². The Labute approximate surface area is 185 Å². The molecule has 0 bridgehead atoms. The van der Waals surface area contributed by atoms with Gasteiger partial charge in [0.1, 0.15) is 16.1 Å². The Balaban J connectivity index is 1.53. The molecule has 3 heterocycles. The first-order valence-corrected chi connectivity index (χ1v) is 11.2. The molecule has 0 fully saturated rings. The number of aromatic nitrogens is 2. The molecule has 1 N–H and O–H groups in total. The van der Waals surface area contributed by atoms with Crippen LogP contribution < -0.4 is 10.9 Å². The van der Waals surface area contributed by atoms with E-state index < -0.39 is 5.97 Å². The van der Waals surface area contributed by atoms with Crippen LogP contribution in [0.1, 0.15) is 22.2 Å². The zero-order valence-corrected chi connectivity index (χ0v) is 18.5. The number of anilines is 1. The smallest absolute Gasteiger partial charge is 0.348 e. The molecule has 158 valence electrons. The van der Waals surface area contributed by atoms with E-state index in [1.807, 2.05) is 36.4 Å². The molecule has 4 rings (SSSR count). The Bertz CT molecular complexity index is 1320. The van der Waals surface area contributed by atoms with Crippen molar-refractivity contribution < 1.29 is 14.3 Å². The summed E-state index contributed by atoms with van der Waals surface area (Å²) in [5.74, 6) is -0.789. The summed E-state index contributed by atoms with van der Waals surface area (Å²) in [6.45, 7) is 3.63. The van der Waals surface area contributed by atoms with E-state index in [1.54, 1.807) is 19.9 Å². The maximum absolute atomic E-state index is 12.9. The van der Waals surface area contributed by atoms with Gasteiger partial charge in [-0.05, 0) is 37.1 Å². The number of carbonyl (C=O) groups is 2. The molecule has 0 aliphatic rings. The number of nitrogens with zero attached hydrogens (tertiary/aromatic N) is 2. The predicted octanol–water partition coefficient (Wildman–Crippen LogP) is 4.31. The van der Waals surface area contributed by atoms with Crippen LogP contribution in [0.2, 0.25) is 0 Å². The minimum Gasteiger partial charge on any atom is -0.462 e. The summed E-state index contributed by atoms with van der Waals surface area (Å²) in [7, 11) is 0. The topological polar surface area (TPSA) is 90.3 Å². The van der Waals surface area contributed by atoms with Crippen LogP contribution in [-0.2, 0) is 16.1 Å². The number of fused-ring (bicyclic) bond motifs is 1. The van der Waals surface area contributed by atoms with E-state index in [-0.39, 0.29) is 24.6 Å². The van der Waals surface area contributed by atoms with Crippen LogP contribution in [0.4, 0.5) is 5.00 Å². The zero-order chi connectivity index (χ0) is 22.0. The summed E-state index contributed by atoms with van der Waals surface area (Å²) in [5.41, 5.74) is 2.09. The Kier molecular flexibility index (Phi) is 5.97. The summed E-state index contributed by atoms with van der Waals surface area (Å²) in [6, 6.07) is 13.4. The highest BCUT2D eigenvalue weighted by Gasteiger charge is 2.17. The number of hydrogen-bond acceptors (Lipinski definition) is 7. The molecule has 0 unspecified atom stereocenters. The number of rotatable bonds is 6. The fraction of sp³-hybridized carbons (Fsp3) is 0.182. The molecule has 0 saturated carbocycles. The van der Waals surface area contributed by atoms with Gasteiger partial charge in [-0.25, -0.2) is 9.78 Å². The van der Waals surface area contributed by atoms with E-state index in [0.29, 0.717) is 20.1 Å². The Morgan fingerprint density at radius 3 is 2.68 bits per heavy atom. The molecule has 3 aromatic heterocycles. The Hall–Kier alpha value is -3.30. The number of aryl methyl sites for hydroxylation is 1. The predicted molar refractivity (Wildman–Crippen MR) is 123 cm³/mol. The largest absolute Gasteiger partial charge is 0.462 e. The second kappa shape index (κ2) is 8.83. The van der Waals surface area contributed by atoms with Crippen molar-refractivity contribution in [3.05, 3.63) is 69.6 Å². The third-order valence-electron chi connectivity index (χ3n) is 4.52. The average Bonchev–Trinajstić information content (AvgIpc) is 3.35. The number of benzene rings is 1. The van der Waals surface area contributed by atoms with Crippen LogP contribution in [-0.4, -0.2) is 28.0 Å². The number of nitrogens with one attached hydrogen (secondary N) is 1. The van der Waals surface area contributed by atoms with Crippen molar-refractivity contribution in [1.29, 1.82) is 0 Å². The van der Waals surface area contributed by atoms with Gasteiger partial charge in [0.05, 0.1) is 23.5 Å². The molecule has 7 nitrogen and oxygen atoms in total. The maximum atomic E-state index is 12.9. The van der Waals surface area contributed by atoms with E-state index in [9.17, 15) is 14.4 Å². The van der Waals surface area contributed by atoms with Crippen LogP contribution in [0.3, 0.4) is 0 Å². The molecule has 0 radical (unpaired) electrons. The molecule has 0 atom stereocenters. The number of amides is 1. The van der Waals surface area contributed by atoms with E-state index >= 15 is 0 Å².